The molecule has 3 N–H and O–H groups in total. The number of rotatable bonds is 5. The monoisotopic (exact) mass is 430 g/mol. The van der Waals surface area contributed by atoms with Crippen molar-refractivity contribution in [2.45, 2.75) is 25.8 Å². The van der Waals surface area contributed by atoms with Gasteiger partial charge in [0.15, 0.2) is 0 Å². The van der Waals surface area contributed by atoms with Gasteiger partial charge in [-0.3, -0.25) is 9.51 Å². The van der Waals surface area contributed by atoms with Crippen molar-refractivity contribution in [3.8, 4) is 0 Å². The van der Waals surface area contributed by atoms with Crippen LogP contribution >= 0.6 is 7.82 Å². The number of phosphoric acid groups is 1. The minimum Gasteiger partial charge on any atom is -0.396 e. The molecule has 2 aromatic heterocycles. The van der Waals surface area contributed by atoms with Crippen molar-refractivity contribution in [3.63, 3.8) is 0 Å². The summed E-state index contributed by atoms with van der Waals surface area (Å²) < 4.78 is 17.4. The van der Waals surface area contributed by atoms with Gasteiger partial charge in [0.05, 0.1) is 12.9 Å². The van der Waals surface area contributed by atoms with Gasteiger partial charge in [0, 0.05) is 30.1 Å². The molecule has 1 aliphatic carbocycles. The van der Waals surface area contributed by atoms with Crippen LogP contribution in [0.2, 0.25) is 0 Å². The number of phosphoric ester groups is 1. The number of fused-ring (bicyclic) bond motifs is 1. The van der Waals surface area contributed by atoms with Gasteiger partial charge in [-0.05, 0) is 30.4 Å². The van der Waals surface area contributed by atoms with Crippen molar-refractivity contribution in [1.82, 2.24) is 19.5 Å². The van der Waals surface area contributed by atoms with E-state index >= 15 is 0 Å². The molecule has 1 fully saturated rings. The molecule has 2 aromatic rings. The van der Waals surface area contributed by atoms with Gasteiger partial charge in [0.2, 0.25) is 0 Å². The van der Waals surface area contributed by atoms with Crippen LogP contribution in [-0.4, -0.2) is 47.6 Å². The second-order valence-electron chi connectivity index (χ2n) is 5.85. The summed E-state index contributed by atoms with van der Waals surface area (Å²) in [4.78, 5) is 30.2. The van der Waals surface area contributed by atoms with Crippen LogP contribution in [0.15, 0.2) is 6.33 Å². The van der Waals surface area contributed by atoms with E-state index in [1.807, 2.05) is 11.5 Å². The molecule has 3 rings (SSSR count). The van der Waals surface area contributed by atoms with E-state index in [9.17, 15) is 9.67 Å². The number of aromatic nitrogens is 4. The summed E-state index contributed by atoms with van der Waals surface area (Å²) in [5.41, 5.74) is 2.13. The molecule has 1 aliphatic rings. The molecule has 0 bridgehead atoms. The second-order valence-corrected chi connectivity index (χ2v) is 7.09. The largest absolute Gasteiger partial charge is 3.00 e. The van der Waals surface area contributed by atoms with E-state index in [4.69, 9.17) is 9.79 Å². The van der Waals surface area contributed by atoms with Gasteiger partial charge in [-0.25, -0.2) is 4.57 Å². The molecule has 1 saturated carbocycles. The fraction of sp³-hybridized carbons (Fsp3) is 0.615. The maximum atomic E-state index is 10.9. The van der Waals surface area contributed by atoms with Gasteiger partial charge in [-0.1, -0.05) is 6.92 Å². The fourth-order valence-electron chi connectivity index (χ4n) is 3.22. The van der Waals surface area contributed by atoms with Crippen molar-refractivity contribution in [2.75, 3.05) is 13.2 Å². The standard InChI is InChI=1S/C13H18N4O5P.Y/c1-8-12-13(15-6-14-8)17(7-16-12)11-2-9(4-18)10(3-11)5-22-23(19,20)21;/h7,9-11,18H,2-5H2,1H3,(H2,19,20,21);/q-1;+3. The Bertz CT molecular complexity index is 751. The summed E-state index contributed by atoms with van der Waals surface area (Å²) in [7, 11) is -4.51. The van der Waals surface area contributed by atoms with Gasteiger partial charge < -0.3 is 29.4 Å². The Morgan fingerprint density at radius 2 is 2.08 bits per heavy atom. The zero-order chi connectivity index (χ0) is 16.6. The van der Waals surface area contributed by atoms with Crippen LogP contribution in [0.1, 0.15) is 24.6 Å². The summed E-state index contributed by atoms with van der Waals surface area (Å²) in [5, 5.41) is 9.53. The molecule has 0 amide bonds. The molecule has 0 aromatic carbocycles. The molecule has 0 aliphatic heterocycles. The number of aliphatic hydroxyl groups is 1. The van der Waals surface area contributed by atoms with Crippen LogP contribution in [0.3, 0.4) is 0 Å². The molecule has 9 nitrogen and oxygen atoms in total. The van der Waals surface area contributed by atoms with Gasteiger partial charge in [-0.15, -0.1) is 0 Å². The predicted molar refractivity (Wildman–Crippen MR) is 79.2 cm³/mol. The Morgan fingerprint density at radius 1 is 1.38 bits per heavy atom. The van der Waals surface area contributed by atoms with E-state index in [0.717, 1.165) is 5.69 Å². The first-order chi connectivity index (χ1) is 10.9. The summed E-state index contributed by atoms with van der Waals surface area (Å²) in [5.74, 6) is -0.224. The summed E-state index contributed by atoms with van der Waals surface area (Å²) in [6.07, 6.45) is 5.57. The minimum atomic E-state index is -4.51. The zero-order valence-electron chi connectivity index (χ0n) is 13.1. The third-order valence-electron chi connectivity index (χ3n) is 4.38. The predicted octanol–water partition coefficient (Wildman–Crippen LogP) is 0.601. The van der Waals surface area contributed by atoms with Crippen LogP contribution in [0.4, 0.5) is 0 Å². The summed E-state index contributed by atoms with van der Waals surface area (Å²) in [6, 6.07) is 0.0326. The van der Waals surface area contributed by atoms with E-state index in [2.05, 4.69) is 25.8 Å². The SMILES string of the molecule is Cc1n[c-]nc2c1ncn2C1CC(CO)C(COP(=O)(O)O)C1.[Y+3]. The molecule has 11 heteroatoms. The topological polar surface area (TPSA) is 131 Å². The Hall–Kier alpha value is -0.276. The van der Waals surface area contributed by atoms with Crippen LogP contribution in [0.25, 0.3) is 11.2 Å². The molecule has 0 saturated heterocycles. The Morgan fingerprint density at radius 3 is 2.75 bits per heavy atom. The molecule has 3 atom stereocenters. The average molecular weight is 430 g/mol. The average Bonchev–Trinajstić information content (AvgIpc) is 3.08. The van der Waals surface area contributed by atoms with E-state index in [0.29, 0.717) is 24.0 Å². The van der Waals surface area contributed by atoms with Gasteiger partial charge in [0.25, 0.3) is 0 Å². The normalized spacial score (nSPS) is 24.2. The van der Waals surface area contributed by atoms with E-state index < -0.39 is 7.82 Å². The number of aryl methyl sites for hydroxylation is 1. The van der Waals surface area contributed by atoms with Crippen molar-refractivity contribution in [2.24, 2.45) is 11.8 Å². The smallest absolute Gasteiger partial charge is 0.396 e. The third kappa shape index (κ3) is 4.27. The number of hydrogen-bond acceptors (Lipinski definition) is 6. The van der Waals surface area contributed by atoms with E-state index in [-0.39, 0.29) is 63.8 Å². The van der Waals surface area contributed by atoms with Crippen LogP contribution < -0.4 is 0 Å². The molecule has 24 heavy (non-hydrogen) atoms. The first kappa shape index (κ1) is 20.0. The fourth-order valence-corrected chi connectivity index (χ4v) is 3.60. The quantitative estimate of drug-likeness (QED) is 0.465. The molecular weight excluding hydrogens is 412 g/mol. The maximum Gasteiger partial charge on any atom is 3.00 e. The first-order valence-corrected chi connectivity index (χ1v) is 8.80. The van der Waals surface area contributed by atoms with Crippen molar-refractivity contribution < 1.29 is 56.7 Å². The van der Waals surface area contributed by atoms with Gasteiger partial charge in [0.1, 0.15) is 0 Å². The Balaban J connectivity index is 0.00000208. The maximum absolute atomic E-state index is 10.9. The van der Waals surface area contributed by atoms with Gasteiger partial charge >= 0.3 is 40.5 Å². The number of nitrogens with zero attached hydrogens (tertiary/aromatic N) is 4. The summed E-state index contributed by atoms with van der Waals surface area (Å²) >= 11 is 0. The van der Waals surface area contributed by atoms with Crippen molar-refractivity contribution in [3.05, 3.63) is 18.3 Å². The number of imidazole rings is 1. The second kappa shape index (κ2) is 7.95. The number of aliphatic hydroxyl groups excluding tert-OH is 1. The third-order valence-corrected chi connectivity index (χ3v) is 4.87. The molecule has 2 heterocycles. The molecule has 3 unspecified atom stereocenters. The Kier molecular flexibility index (Phi) is 6.64. The zero-order valence-corrected chi connectivity index (χ0v) is 16.8. The van der Waals surface area contributed by atoms with Crippen LogP contribution in [0, 0.1) is 25.1 Å². The summed E-state index contributed by atoms with van der Waals surface area (Å²) in [6.45, 7) is 1.69. The van der Waals surface area contributed by atoms with E-state index in [1.54, 1.807) is 6.33 Å². The van der Waals surface area contributed by atoms with Crippen molar-refractivity contribution >= 4 is 19.0 Å². The minimum absolute atomic E-state index is 0. The van der Waals surface area contributed by atoms with Gasteiger partial charge in [-0.2, -0.15) is 0 Å². The van der Waals surface area contributed by atoms with Crippen molar-refractivity contribution in [1.29, 1.82) is 0 Å². The molecule has 0 radical (unpaired) electrons. The van der Waals surface area contributed by atoms with Crippen LogP contribution in [-0.2, 0) is 41.8 Å². The molecule has 126 valence electrons. The number of hydrogen-bond donors (Lipinski definition) is 3. The first-order valence-electron chi connectivity index (χ1n) is 7.27. The van der Waals surface area contributed by atoms with Crippen LogP contribution in [0.5, 0.6) is 0 Å². The Labute approximate surface area is 164 Å². The van der Waals surface area contributed by atoms with E-state index in [1.165, 1.54) is 0 Å². The molecule has 0 spiro atoms. The molecular formula is C13H18N4O5PY+2.